The van der Waals surface area contributed by atoms with Crippen molar-refractivity contribution in [1.29, 1.82) is 5.26 Å². The molecule has 0 saturated carbocycles. The summed E-state index contributed by atoms with van der Waals surface area (Å²) in [5, 5.41) is 14.5. The normalized spacial score (nSPS) is 11.3. The number of hydrogen-bond donors (Lipinski definition) is 2. The molecule has 1 amide bonds. The van der Waals surface area contributed by atoms with Crippen molar-refractivity contribution in [2.75, 3.05) is 11.9 Å². The number of aromatic nitrogens is 1. The highest BCUT2D eigenvalue weighted by molar-refractivity contribution is 5.84. The Morgan fingerprint density at radius 3 is 3.06 bits per heavy atom. The van der Waals surface area contributed by atoms with Gasteiger partial charge in [0, 0.05) is 12.7 Å². The van der Waals surface area contributed by atoms with Crippen molar-refractivity contribution in [2.45, 2.75) is 19.9 Å². The summed E-state index contributed by atoms with van der Waals surface area (Å²) in [5.74, 6) is -0.102. The molecule has 0 aliphatic heterocycles. The molecule has 1 aromatic rings. The van der Waals surface area contributed by atoms with Gasteiger partial charge in [0.2, 0.25) is 5.91 Å². The molecule has 16 heavy (non-hydrogen) atoms. The highest BCUT2D eigenvalue weighted by Gasteiger charge is 2.12. The van der Waals surface area contributed by atoms with Crippen molar-refractivity contribution < 1.29 is 4.79 Å². The number of nitriles is 1. The number of pyridine rings is 1. The van der Waals surface area contributed by atoms with E-state index in [9.17, 15) is 4.79 Å². The average molecular weight is 218 g/mol. The molecule has 1 rings (SSSR count). The van der Waals surface area contributed by atoms with Crippen LogP contribution in [0.25, 0.3) is 0 Å². The number of carbonyl (C=O) groups excluding carboxylic acids is 1. The third kappa shape index (κ3) is 2.95. The average Bonchev–Trinajstić information content (AvgIpc) is 2.30. The second-order valence-electron chi connectivity index (χ2n) is 3.29. The first-order valence-electron chi connectivity index (χ1n) is 5.07. The van der Waals surface area contributed by atoms with Gasteiger partial charge in [-0.25, -0.2) is 0 Å². The van der Waals surface area contributed by atoms with E-state index in [1.807, 2.05) is 13.0 Å². The highest BCUT2D eigenvalue weighted by atomic mass is 16.2. The fourth-order valence-corrected chi connectivity index (χ4v) is 1.23. The lowest BCUT2D eigenvalue weighted by molar-refractivity contribution is -0.121. The predicted octanol–water partition coefficient (Wildman–Crippen LogP) is 0.890. The SMILES string of the molecule is CCNC(=O)C(C)Nc1cnccc1C#N. The predicted molar refractivity (Wildman–Crippen MR) is 60.7 cm³/mol. The zero-order chi connectivity index (χ0) is 12.0. The fourth-order valence-electron chi connectivity index (χ4n) is 1.23. The lowest BCUT2D eigenvalue weighted by Crippen LogP contribution is -2.37. The van der Waals surface area contributed by atoms with Crippen LogP contribution < -0.4 is 10.6 Å². The van der Waals surface area contributed by atoms with E-state index < -0.39 is 6.04 Å². The first-order valence-corrected chi connectivity index (χ1v) is 5.07. The third-order valence-electron chi connectivity index (χ3n) is 2.06. The van der Waals surface area contributed by atoms with E-state index in [1.54, 1.807) is 19.2 Å². The van der Waals surface area contributed by atoms with Crippen molar-refractivity contribution in [1.82, 2.24) is 10.3 Å². The van der Waals surface area contributed by atoms with E-state index in [4.69, 9.17) is 5.26 Å². The van der Waals surface area contributed by atoms with Crippen LogP contribution in [0.5, 0.6) is 0 Å². The Morgan fingerprint density at radius 2 is 2.44 bits per heavy atom. The maximum atomic E-state index is 11.5. The van der Waals surface area contributed by atoms with Crippen LogP contribution >= 0.6 is 0 Å². The monoisotopic (exact) mass is 218 g/mol. The quantitative estimate of drug-likeness (QED) is 0.786. The summed E-state index contributed by atoms with van der Waals surface area (Å²) in [4.78, 5) is 15.4. The topological polar surface area (TPSA) is 77.8 Å². The van der Waals surface area contributed by atoms with E-state index in [-0.39, 0.29) is 5.91 Å². The van der Waals surface area contributed by atoms with Gasteiger partial charge >= 0.3 is 0 Å². The lowest BCUT2D eigenvalue weighted by atomic mass is 10.2. The number of carbonyl (C=O) groups is 1. The molecule has 0 fully saturated rings. The maximum absolute atomic E-state index is 11.5. The van der Waals surface area contributed by atoms with Gasteiger partial charge < -0.3 is 10.6 Å². The number of anilines is 1. The first kappa shape index (κ1) is 12.0. The van der Waals surface area contributed by atoms with Crippen LogP contribution in [0, 0.1) is 11.3 Å². The molecule has 0 bridgehead atoms. The Balaban J connectivity index is 2.73. The van der Waals surface area contributed by atoms with Crippen LogP contribution in [-0.4, -0.2) is 23.5 Å². The molecular weight excluding hydrogens is 204 g/mol. The number of likely N-dealkylation sites (N-methyl/N-ethyl adjacent to an activating group) is 1. The molecular formula is C11H14N4O. The minimum atomic E-state index is -0.392. The highest BCUT2D eigenvalue weighted by Crippen LogP contribution is 2.12. The number of hydrogen-bond acceptors (Lipinski definition) is 4. The van der Waals surface area contributed by atoms with Crippen LogP contribution in [0.15, 0.2) is 18.5 Å². The van der Waals surface area contributed by atoms with E-state index in [0.717, 1.165) is 0 Å². The van der Waals surface area contributed by atoms with E-state index in [0.29, 0.717) is 17.8 Å². The molecule has 0 radical (unpaired) electrons. The fraction of sp³-hybridized carbons (Fsp3) is 0.364. The Labute approximate surface area is 94.5 Å². The number of nitrogens with one attached hydrogen (secondary N) is 2. The molecule has 0 aliphatic carbocycles. The minimum Gasteiger partial charge on any atom is -0.372 e. The Kier molecular flexibility index (Phi) is 4.28. The molecule has 1 atom stereocenters. The molecule has 5 nitrogen and oxygen atoms in total. The summed E-state index contributed by atoms with van der Waals surface area (Å²) < 4.78 is 0. The van der Waals surface area contributed by atoms with Gasteiger partial charge in [0.25, 0.3) is 0 Å². The van der Waals surface area contributed by atoms with Gasteiger partial charge in [-0.05, 0) is 19.9 Å². The molecule has 0 aliphatic rings. The van der Waals surface area contributed by atoms with Gasteiger partial charge in [-0.1, -0.05) is 0 Å². The van der Waals surface area contributed by atoms with Crippen molar-refractivity contribution in [3.63, 3.8) is 0 Å². The Morgan fingerprint density at radius 1 is 1.69 bits per heavy atom. The van der Waals surface area contributed by atoms with Gasteiger partial charge in [-0.15, -0.1) is 0 Å². The van der Waals surface area contributed by atoms with Crippen LogP contribution in [0.4, 0.5) is 5.69 Å². The number of rotatable bonds is 4. The van der Waals surface area contributed by atoms with Gasteiger partial charge in [-0.2, -0.15) is 5.26 Å². The molecule has 1 aromatic heterocycles. The maximum Gasteiger partial charge on any atom is 0.242 e. The van der Waals surface area contributed by atoms with Crippen molar-refractivity contribution in [3.8, 4) is 6.07 Å². The minimum absolute atomic E-state index is 0.102. The van der Waals surface area contributed by atoms with E-state index in [1.165, 1.54) is 6.20 Å². The van der Waals surface area contributed by atoms with Crippen LogP contribution in [0.2, 0.25) is 0 Å². The number of amides is 1. The van der Waals surface area contributed by atoms with E-state index >= 15 is 0 Å². The molecule has 84 valence electrons. The zero-order valence-electron chi connectivity index (χ0n) is 9.32. The lowest BCUT2D eigenvalue weighted by Gasteiger charge is -2.14. The summed E-state index contributed by atoms with van der Waals surface area (Å²) in [5.41, 5.74) is 1.05. The molecule has 1 unspecified atom stereocenters. The molecule has 0 aromatic carbocycles. The molecule has 1 heterocycles. The Bertz CT molecular complexity index is 411. The van der Waals surface area contributed by atoms with Crippen molar-refractivity contribution in [3.05, 3.63) is 24.0 Å². The van der Waals surface area contributed by atoms with Crippen LogP contribution in [-0.2, 0) is 4.79 Å². The molecule has 0 saturated heterocycles. The summed E-state index contributed by atoms with van der Waals surface area (Å²) in [6, 6.07) is 3.25. The molecule has 0 spiro atoms. The summed E-state index contributed by atoms with van der Waals surface area (Å²) in [7, 11) is 0. The van der Waals surface area contributed by atoms with Gasteiger partial charge in [0.05, 0.1) is 17.4 Å². The molecule has 5 heteroatoms. The third-order valence-corrected chi connectivity index (χ3v) is 2.06. The standard InChI is InChI=1S/C11H14N4O/c1-3-14-11(16)8(2)15-10-7-13-5-4-9(10)6-12/h4-5,7-8,15H,3H2,1-2H3,(H,14,16). The zero-order valence-corrected chi connectivity index (χ0v) is 9.32. The van der Waals surface area contributed by atoms with Gasteiger partial charge in [0.15, 0.2) is 0 Å². The van der Waals surface area contributed by atoms with Crippen LogP contribution in [0.3, 0.4) is 0 Å². The Hall–Kier alpha value is -2.09. The largest absolute Gasteiger partial charge is 0.372 e. The molecule has 2 N–H and O–H groups in total. The second kappa shape index (κ2) is 5.71. The first-order chi connectivity index (χ1) is 7.69. The second-order valence-corrected chi connectivity index (χ2v) is 3.29. The van der Waals surface area contributed by atoms with Crippen molar-refractivity contribution in [2.24, 2.45) is 0 Å². The smallest absolute Gasteiger partial charge is 0.242 e. The summed E-state index contributed by atoms with van der Waals surface area (Å²) in [6.07, 6.45) is 3.08. The van der Waals surface area contributed by atoms with Crippen LogP contribution in [0.1, 0.15) is 19.4 Å². The summed E-state index contributed by atoms with van der Waals surface area (Å²) in [6.45, 7) is 4.18. The van der Waals surface area contributed by atoms with E-state index in [2.05, 4.69) is 15.6 Å². The van der Waals surface area contributed by atoms with Gasteiger partial charge in [-0.3, -0.25) is 9.78 Å². The number of nitrogens with zero attached hydrogens (tertiary/aromatic N) is 2. The van der Waals surface area contributed by atoms with Gasteiger partial charge in [0.1, 0.15) is 12.1 Å². The van der Waals surface area contributed by atoms with Crippen molar-refractivity contribution >= 4 is 11.6 Å². The summed E-state index contributed by atoms with van der Waals surface area (Å²) >= 11 is 0.